The lowest BCUT2D eigenvalue weighted by molar-refractivity contribution is 0.418. The summed E-state index contributed by atoms with van der Waals surface area (Å²) in [5, 5.41) is 0. The van der Waals surface area contributed by atoms with E-state index in [-0.39, 0.29) is 12.1 Å². The van der Waals surface area contributed by atoms with Crippen LogP contribution in [0.4, 0.5) is 45.5 Å². The van der Waals surface area contributed by atoms with Crippen molar-refractivity contribution in [1.82, 2.24) is 0 Å². The molecule has 7 aromatic rings. The number of benzene rings is 7. The number of allylic oxidation sites excluding steroid dienone is 4. The van der Waals surface area contributed by atoms with Crippen molar-refractivity contribution in [3.8, 4) is 11.5 Å². The van der Waals surface area contributed by atoms with Gasteiger partial charge in [0, 0.05) is 67.7 Å². The monoisotopic (exact) mass is 749 g/mol. The van der Waals surface area contributed by atoms with Crippen LogP contribution in [-0.2, 0) is 5.41 Å². The Balaban J connectivity index is 1.13. The maximum Gasteiger partial charge on any atom is 0.252 e. The average Bonchev–Trinajstić information content (AvgIpc) is 3.25. The van der Waals surface area contributed by atoms with Gasteiger partial charge in [-0.05, 0) is 128 Å². The highest BCUT2D eigenvalue weighted by Crippen LogP contribution is 2.50. The van der Waals surface area contributed by atoms with Crippen LogP contribution in [0.25, 0.3) is 0 Å². The van der Waals surface area contributed by atoms with Gasteiger partial charge in [0.25, 0.3) is 6.71 Å². The number of aryl methyl sites for hydroxylation is 2. The number of hydrogen-bond acceptors (Lipinski definition) is 4. The highest BCUT2D eigenvalue weighted by molar-refractivity contribution is 7.00. The molecule has 280 valence electrons. The Kier molecular flexibility index (Phi) is 7.84. The van der Waals surface area contributed by atoms with Crippen LogP contribution >= 0.6 is 0 Å². The lowest BCUT2D eigenvalue weighted by Crippen LogP contribution is -2.61. The number of ether oxygens (including phenoxy) is 1. The summed E-state index contributed by atoms with van der Waals surface area (Å²) in [4.78, 5) is 7.45. The van der Waals surface area contributed by atoms with Crippen molar-refractivity contribution in [2.75, 3.05) is 14.7 Å². The third-order valence-electron chi connectivity index (χ3n) is 12.7. The highest BCUT2D eigenvalue weighted by Gasteiger charge is 2.43. The van der Waals surface area contributed by atoms with E-state index >= 15 is 0 Å². The second kappa shape index (κ2) is 13.2. The summed E-state index contributed by atoms with van der Waals surface area (Å²) < 4.78 is 6.53. The summed E-state index contributed by atoms with van der Waals surface area (Å²) in [6.07, 6.45) is 8.72. The van der Waals surface area contributed by atoms with Gasteiger partial charge in [0.2, 0.25) is 0 Å². The Bertz CT molecular complexity index is 2840. The summed E-state index contributed by atoms with van der Waals surface area (Å²) in [5.41, 5.74) is 19.4. The molecule has 0 N–H and O–H groups in total. The van der Waals surface area contributed by atoms with E-state index in [0.717, 1.165) is 41.4 Å². The van der Waals surface area contributed by atoms with E-state index in [1.54, 1.807) is 0 Å². The Morgan fingerprint density at radius 1 is 0.569 bits per heavy atom. The van der Waals surface area contributed by atoms with Crippen molar-refractivity contribution in [2.24, 2.45) is 0 Å². The Morgan fingerprint density at radius 2 is 1.26 bits per heavy atom. The molecule has 0 atom stereocenters. The minimum atomic E-state index is -0.229. The van der Waals surface area contributed by atoms with E-state index in [1.807, 2.05) is 0 Å². The second-order valence-corrected chi connectivity index (χ2v) is 16.7. The fourth-order valence-corrected chi connectivity index (χ4v) is 9.84. The van der Waals surface area contributed by atoms with Crippen LogP contribution in [0.2, 0.25) is 0 Å². The highest BCUT2D eigenvalue weighted by atomic mass is 16.5. The van der Waals surface area contributed by atoms with Gasteiger partial charge in [-0.15, -0.1) is 0 Å². The molecule has 1 aliphatic carbocycles. The normalized spacial score (nSPS) is 15.3. The fourth-order valence-electron chi connectivity index (χ4n) is 9.84. The zero-order valence-electron chi connectivity index (χ0n) is 33.4. The van der Waals surface area contributed by atoms with Crippen LogP contribution in [0, 0.1) is 13.8 Å². The molecule has 0 saturated carbocycles. The molecule has 0 aromatic heterocycles. The lowest BCUT2D eigenvalue weighted by atomic mass is 9.33. The summed E-state index contributed by atoms with van der Waals surface area (Å²) in [7, 11) is 0. The van der Waals surface area contributed by atoms with Gasteiger partial charge >= 0.3 is 0 Å². The minimum Gasteiger partial charge on any atom is -0.457 e. The Labute approximate surface area is 342 Å². The summed E-state index contributed by atoms with van der Waals surface area (Å²) in [6, 6.07) is 56.1. The maximum atomic E-state index is 6.53. The van der Waals surface area contributed by atoms with Crippen LogP contribution in [-0.4, -0.2) is 6.71 Å². The fraction of sp³-hybridized carbons (Fsp3) is 0.132. The number of anilines is 8. The largest absolute Gasteiger partial charge is 0.457 e. The van der Waals surface area contributed by atoms with Crippen LogP contribution in [0.5, 0.6) is 11.5 Å². The standard InChI is InChI=1S/C53H44BN3O/c1-35-22-25-39(26-23-35)56-46-30-24-36(2)32-45(46)54-44-29-27-41(34-49(44)57(38-16-9-6-10-17-38)48-20-13-19-47(56)52(48)54)55(37-14-7-5-8-15-37)40-28-31-51-43(33-40)53(3,4)42-18-11-12-21-50(42)58-51/h5-7,9-14,16-34H,8,15H2,1-4H3. The Hall–Kier alpha value is -6.72. The van der Waals surface area contributed by atoms with Gasteiger partial charge in [-0.2, -0.15) is 0 Å². The quantitative estimate of drug-likeness (QED) is 0.163. The van der Waals surface area contributed by atoms with Crippen molar-refractivity contribution in [1.29, 1.82) is 0 Å². The first kappa shape index (κ1) is 34.5. The van der Waals surface area contributed by atoms with E-state index in [1.165, 1.54) is 72.8 Å². The molecule has 0 amide bonds. The first-order valence-corrected chi connectivity index (χ1v) is 20.5. The van der Waals surface area contributed by atoms with Gasteiger partial charge in [-0.1, -0.05) is 110 Å². The van der Waals surface area contributed by atoms with E-state index in [9.17, 15) is 0 Å². The van der Waals surface area contributed by atoms with Crippen molar-refractivity contribution in [3.05, 3.63) is 198 Å². The van der Waals surface area contributed by atoms with Gasteiger partial charge in [0.15, 0.2) is 0 Å². The van der Waals surface area contributed by atoms with Crippen LogP contribution in [0.3, 0.4) is 0 Å². The van der Waals surface area contributed by atoms with E-state index in [0.29, 0.717) is 0 Å². The van der Waals surface area contributed by atoms with Gasteiger partial charge in [-0.3, -0.25) is 0 Å². The average molecular weight is 750 g/mol. The molecule has 0 unspecified atom stereocenters. The summed E-state index contributed by atoms with van der Waals surface area (Å²) >= 11 is 0. The first-order valence-electron chi connectivity index (χ1n) is 20.5. The van der Waals surface area contributed by atoms with Gasteiger partial charge < -0.3 is 19.4 Å². The van der Waals surface area contributed by atoms with Gasteiger partial charge in [0.05, 0.1) is 0 Å². The molecule has 0 bridgehead atoms. The number of fused-ring (bicyclic) bond motifs is 6. The number of hydrogen-bond donors (Lipinski definition) is 0. The minimum absolute atomic E-state index is 0.0545. The molecule has 7 aromatic carbocycles. The summed E-state index contributed by atoms with van der Waals surface area (Å²) in [6.45, 7) is 9.06. The third-order valence-corrected chi connectivity index (χ3v) is 12.7. The van der Waals surface area contributed by atoms with Crippen molar-refractivity contribution in [2.45, 2.75) is 46.0 Å². The van der Waals surface area contributed by atoms with Gasteiger partial charge in [-0.25, -0.2) is 0 Å². The van der Waals surface area contributed by atoms with E-state index in [4.69, 9.17) is 4.74 Å². The Morgan fingerprint density at radius 3 is 2.05 bits per heavy atom. The zero-order chi connectivity index (χ0) is 39.1. The van der Waals surface area contributed by atoms with Crippen LogP contribution in [0.15, 0.2) is 176 Å². The van der Waals surface area contributed by atoms with Crippen molar-refractivity contribution >= 4 is 68.6 Å². The molecule has 4 nitrogen and oxygen atoms in total. The van der Waals surface area contributed by atoms with Crippen LogP contribution < -0.4 is 35.8 Å². The van der Waals surface area contributed by atoms with Crippen molar-refractivity contribution in [3.63, 3.8) is 0 Å². The van der Waals surface area contributed by atoms with Crippen molar-refractivity contribution < 1.29 is 4.74 Å². The molecule has 0 saturated heterocycles. The van der Waals surface area contributed by atoms with Gasteiger partial charge in [0.1, 0.15) is 11.5 Å². The predicted molar refractivity (Wildman–Crippen MR) is 244 cm³/mol. The first-order chi connectivity index (χ1) is 28.3. The topological polar surface area (TPSA) is 19.0 Å². The molecule has 4 aliphatic rings. The SMILES string of the molecule is Cc1ccc(N2c3ccc(C)cc3B3c4ccc(N(C5=CC=CCC5)c5ccc6c(c5)C(C)(C)c5ccccc5O6)cc4N(c4ccccc4)c4cccc2c43)cc1. The summed E-state index contributed by atoms with van der Waals surface area (Å²) in [5.74, 6) is 1.86. The molecule has 0 fully saturated rings. The smallest absolute Gasteiger partial charge is 0.252 e. The molecular formula is C53H44BN3O. The second-order valence-electron chi connectivity index (χ2n) is 16.7. The number of para-hydroxylation sites is 2. The molecule has 58 heavy (non-hydrogen) atoms. The number of nitrogens with zero attached hydrogens (tertiary/aromatic N) is 3. The molecule has 0 spiro atoms. The van der Waals surface area contributed by atoms with E-state index < -0.39 is 0 Å². The molecular weight excluding hydrogens is 705 g/mol. The predicted octanol–water partition coefficient (Wildman–Crippen LogP) is 12.2. The lowest BCUT2D eigenvalue weighted by Gasteiger charge is -2.44. The molecule has 3 heterocycles. The third kappa shape index (κ3) is 5.30. The zero-order valence-corrected chi connectivity index (χ0v) is 33.4. The molecule has 3 aliphatic heterocycles. The maximum absolute atomic E-state index is 6.53. The molecule has 0 radical (unpaired) electrons. The number of rotatable bonds is 5. The molecule has 5 heteroatoms. The molecule has 11 rings (SSSR count). The van der Waals surface area contributed by atoms with E-state index in [2.05, 4.69) is 212 Å². The van der Waals surface area contributed by atoms with Crippen LogP contribution in [0.1, 0.15) is 48.9 Å².